The van der Waals surface area contributed by atoms with Gasteiger partial charge in [0.25, 0.3) is 5.91 Å². The Morgan fingerprint density at radius 2 is 1.83 bits per heavy atom. The van der Waals surface area contributed by atoms with Gasteiger partial charge in [-0.2, -0.15) is 0 Å². The molecule has 3 N–H and O–H groups in total. The lowest BCUT2D eigenvalue weighted by Crippen LogP contribution is -2.42. The molecule has 0 saturated carbocycles. The molecule has 7 nitrogen and oxygen atoms in total. The molecule has 134 valence electrons. The summed E-state index contributed by atoms with van der Waals surface area (Å²) in [5, 5.41) is 11.8. The molecule has 24 heavy (non-hydrogen) atoms. The molecule has 0 fully saturated rings. The summed E-state index contributed by atoms with van der Waals surface area (Å²) in [4.78, 5) is 23.7. The van der Waals surface area contributed by atoms with Gasteiger partial charge in [-0.25, -0.2) is 12.8 Å². The van der Waals surface area contributed by atoms with Gasteiger partial charge in [-0.05, 0) is 31.0 Å². The van der Waals surface area contributed by atoms with Crippen molar-refractivity contribution < 1.29 is 27.5 Å². The van der Waals surface area contributed by atoms with E-state index >= 15 is 0 Å². The fraction of sp³-hybridized carbons (Fsp3) is 0.467. The van der Waals surface area contributed by atoms with E-state index in [0.29, 0.717) is 12.8 Å². The minimum Gasteiger partial charge on any atom is -0.481 e. The highest BCUT2D eigenvalue weighted by molar-refractivity contribution is 7.92. The zero-order chi connectivity index (χ0) is 18.5. The number of carboxylic acid groups (broad SMARTS) is 1. The first kappa shape index (κ1) is 19.9. The van der Waals surface area contributed by atoms with E-state index in [1.54, 1.807) is 13.8 Å². The lowest BCUT2D eigenvalue weighted by atomic mass is 9.82. The van der Waals surface area contributed by atoms with E-state index in [1.807, 2.05) is 0 Å². The summed E-state index contributed by atoms with van der Waals surface area (Å²) in [7, 11) is -3.66. The Balaban J connectivity index is 3.07. The van der Waals surface area contributed by atoms with Crippen LogP contribution in [0.25, 0.3) is 0 Å². The molecule has 1 aromatic rings. The Bertz CT molecular complexity index is 729. The maximum atomic E-state index is 13.4. The third-order valence-electron chi connectivity index (χ3n) is 3.92. The van der Waals surface area contributed by atoms with E-state index in [9.17, 15) is 27.5 Å². The number of halogens is 1. The number of amides is 1. The van der Waals surface area contributed by atoms with Crippen molar-refractivity contribution in [3.63, 3.8) is 0 Å². The van der Waals surface area contributed by atoms with Gasteiger partial charge in [0.1, 0.15) is 5.82 Å². The van der Waals surface area contributed by atoms with E-state index < -0.39 is 33.1 Å². The highest BCUT2D eigenvalue weighted by Gasteiger charge is 2.35. The molecular formula is C15H21FN2O5S. The molecular weight excluding hydrogens is 339 g/mol. The zero-order valence-electron chi connectivity index (χ0n) is 13.7. The van der Waals surface area contributed by atoms with Crippen LogP contribution in [0.3, 0.4) is 0 Å². The Labute approximate surface area is 140 Å². The van der Waals surface area contributed by atoms with E-state index in [-0.39, 0.29) is 17.8 Å². The van der Waals surface area contributed by atoms with Crippen LogP contribution in [0.15, 0.2) is 18.2 Å². The zero-order valence-corrected chi connectivity index (χ0v) is 14.5. The van der Waals surface area contributed by atoms with Gasteiger partial charge in [0.05, 0.1) is 22.9 Å². The second-order valence-corrected chi connectivity index (χ2v) is 7.29. The third-order valence-corrected chi connectivity index (χ3v) is 4.51. The molecule has 1 aromatic carbocycles. The molecule has 0 saturated heterocycles. The summed E-state index contributed by atoms with van der Waals surface area (Å²) in [6.07, 6.45) is 1.51. The van der Waals surface area contributed by atoms with Crippen molar-refractivity contribution in [2.75, 3.05) is 17.5 Å². The maximum Gasteiger partial charge on any atom is 0.311 e. The second kappa shape index (κ2) is 7.61. The highest BCUT2D eigenvalue weighted by atomic mass is 32.2. The van der Waals surface area contributed by atoms with Gasteiger partial charge in [-0.3, -0.25) is 14.3 Å². The standard InChI is InChI=1S/C15H21FN2O5S/c1-4-15(5-2,14(20)21)9-17-13(19)11-8-10(16)6-7-12(11)18-24(3,22)23/h6-8,18H,4-5,9H2,1-3H3,(H,17,19)(H,20,21). The Hall–Kier alpha value is -2.16. The number of benzene rings is 1. The number of anilines is 1. The quantitative estimate of drug-likeness (QED) is 0.654. The molecule has 0 aliphatic carbocycles. The van der Waals surface area contributed by atoms with Crippen molar-refractivity contribution in [3.05, 3.63) is 29.6 Å². The first-order valence-electron chi connectivity index (χ1n) is 7.33. The van der Waals surface area contributed by atoms with Crippen LogP contribution in [0.4, 0.5) is 10.1 Å². The van der Waals surface area contributed by atoms with Crippen LogP contribution in [0.2, 0.25) is 0 Å². The normalized spacial score (nSPS) is 11.8. The molecule has 0 spiro atoms. The SMILES string of the molecule is CCC(CC)(CNC(=O)c1cc(F)ccc1NS(C)(=O)=O)C(=O)O. The smallest absolute Gasteiger partial charge is 0.311 e. The van der Waals surface area contributed by atoms with Crippen molar-refractivity contribution >= 4 is 27.6 Å². The lowest BCUT2D eigenvalue weighted by molar-refractivity contribution is -0.149. The Kier molecular flexibility index (Phi) is 6.30. The minimum absolute atomic E-state index is 0.0784. The first-order chi connectivity index (χ1) is 11.0. The molecule has 0 bridgehead atoms. The van der Waals surface area contributed by atoms with E-state index in [0.717, 1.165) is 24.5 Å². The van der Waals surface area contributed by atoms with Crippen LogP contribution >= 0.6 is 0 Å². The fourth-order valence-corrected chi connectivity index (χ4v) is 2.79. The van der Waals surface area contributed by atoms with E-state index in [4.69, 9.17) is 0 Å². The summed E-state index contributed by atoms with van der Waals surface area (Å²) in [5.41, 5.74) is -1.43. The van der Waals surface area contributed by atoms with Gasteiger partial charge in [0, 0.05) is 6.54 Å². The van der Waals surface area contributed by atoms with Crippen molar-refractivity contribution in [3.8, 4) is 0 Å². The second-order valence-electron chi connectivity index (χ2n) is 5.54. The molecule has 0 unspecified atom stereocenters. The average Bonchev–Trinajstić information content (AvgIpc) is 2.48. The van der Waals surface area contributed by atoms with Gasteiger partial charge in [0.2, 0.25) is 10.0 Å². The molecule has 1 amide bonds. The largest absolute Gasteiger partial charge is 0.481 e. The van der Waals surface area contributed by atoms with Gasteiger partial charge in [-0.15, -0.1) is 0 Å². The predicted molar refractivity (Wildman–Crippen MR) is 87.9 cm³/mol. The molecule has 0 heterocycles. The topological polar surface area (TPSA) is 113 Å². The van der Waals surface area contributed by atoms with Gasteiger partial charge < -0.3 is 10.4 Å². The highest BCUT2D eigenvalue weighted by Crippen LogP contribution is 2.26. The molecule has 0 aliphatic heterocycles. The van der Waals surface area contributed by atoms with Crippen LogP contribution in [-0.4, -0.2) is 38.2 Å². The summed E-state index contributed by atoms with van der Waals surface area (Å²) in [6.45, 7) is 3.24. The van der Waals surface area contributed by atoms with Crippen molar-refractivity contribution in [1.82, 2.24) is 5.32 Å². The van der Waals surface area contributed by atoms with Gasteiger partial charge >= 0.3 is 5.97 Å². The van der Waals surface area contributed by atoms with E-state index in [1.165, 1.54) is 0 Å². The van der Waals surface area contributed by atoms with Crippen molar-refractivity contribution in [1.29, 1.82) is 0 Å². The number of sulfonamides is 1. The predicted octanol–water partition coefficient (Wildman–Crippen LogP) is 1.82. The molecule has 1 rings (SSSR count). The summed E-state index contributed by atoms with van der Waals surface area (Å²) >= 11 is 0. The molecule has 9 heteroatoms. The number of hydrogen-bond donors (Lipinski definition) is 3. The summed E-state index contributed by atoms with van der Waals surface area (Å²) in [6, 6.07) is 3.04. The number of carbonyl (C=O) groups excluding carboxylic acids is 1. The average molecular weight is 360 g/mol. The summed E-state index contributed by atoms with van der Waals surface area (Å²) < 4.78 is 38.2. The van der Waals surface area contributed by atoms with Crippen LogP contribution in [0.5, 0.6) is 0 Å². The Morgan fingerprint density at radius 3 is 2.29 bits per heavy atom. The van der Waals surface area contributed by atoms with Crippen LogP contribution in [0, 0.1) is 11.2 Å². The van der Waals surface area contributed by atoms with Crippen molar-refractivity contribution in [2.45, 2.75) is 26.7 Å². The molecule has 0 radical (unpaired) electrons. The lowest BCUT2D eigenvalue weighted by Gasteiger charge is -2.27. The third kappa shape index (κ3) is 4.92. The van der Waals surface area contributed by atoms with Crippen LogP contribution in [0.1, 0.15) is 37.0 Å². The monoisotopic (exact) mass is 360 g/mol. The molecule has 0 aliphatic rings. The number of carboxylic acids is 1. The van der Waals surface area contributed by atoms with Gasteiger partial charge in [0.15, 0.2) is 0 Å². The number of rotatable bonds is 8. The van der Waals surface area contributed by atoms with Crippen LogP contribution < -0.4 is 10.0 Å². The summed E-state index contributed by atoms with van der Waals surface area (Å²) in [5.74, 6) is -2.51. The maximum absolute atomic E-state index is 13.4. The van der Waals surface area contributed by atoms with E-state index in [2.05, 4.69) is 10.0 Å². The first-order valence-corrected chi connectivity index (χ1v) is 9.22. The molecule has 0 atom stereocenters. The number of aliphatic carboxylic acids is 1. The fourth-order valence-electron chi connectivity index (χ4n) is 2.22. The van der Waals surface area contributed by atoms with Crippen molar-refractivity contribution in [2.24, 2.45) is 5.41 Å². The number of nitrogens with one attached hydrogen (secondary N) is 2. The Morgan fingerprint density at radius 1 is 1.25 bits per heavy atom. The minimum atomic E-state index is -3.66. The number of carbonyl (C=O) groups is 2. The number of hydrogen-bond acceptors (Lipinski definition) is 4. The van der Waals surface area contributed by atoms with Gasteiger partial charge in [-0.1, -0.05) is 13.8 Å². The van der Waals surface area contributed by atoms with Crippen LogP contribution in [-0.2, 0) is 14.8 Å². The molecule has 0 aromatic heterocycles.